The molecule has 0 aliphatic carbocycles. The Hall–Kier alpha value is -1.40. The molecule has 1 amide bonds. The minimum absolute atomic E-state index is 0.0261. The molecule has 2 fully saturated rings. The summed E-state index contributed by atoms with van der Waals surface area (Å²) in [6.07, 6.45) is 2.91. The van der Waals surface area contributed by atoms with Gasteiger partial charge in [0.25, 0.3) is 0 Å². The van der Waals surface area contributed by atoms with Crippen LogP contribution in [0.25, 0.3) is 0 Å². The van der Waals surface area contributed by atoms with Crippen molar-refractivity contribution in [3.8, 4) is 0 Å². The van der Waals surface area contributed by atoms with Crippen LogP contribution in [0.1, 0.15) is 25.3 Å². The first kappa shape index (κ1) is 15.5. The first-order valence-electron chi connectivity index (χ1n) is 7.62. The van der Waals surface area contributed by atoms with Gasteiger partial charge in [-0.25, -0.2) is 12.7 Å². The van der Waals surface area contributed by atoms with Gasteiger partial charge in [-0.1, -0.05) is 30.3 Å². The van der Waals surface area contributed by atoms with Gasteiger partial charge in [-0.2, -0.15) is 0 Å². The maximum absolute atomic E-state index is 12.0. The molecule has 2 atom stereocenters. The number of hydrogen-bond donors (Lipinski definition) is 0. The molecule has 0 saturated carbocycles. The summed E-state index contributed by atoms with van der Waals surface area (Å²) in [5, 5.41) is 0. The summed E-state index contributed by atoms with van der Waals surface area (Å²) in [5.74, 6) is 0.0261. The van der Waals surface area contributed by atoms with Gasteiger partial charge in [-0.15, -0.1) is 0 Å². The van der Waals surface area contributed by atoms with Gasteiger partial charge in [-0.3, -0.25) is 4.79 Å². The molecular weight excluding hydrogens is 300 g/mol. The van der Waals surface area contributed by atoms with Crippen LogP contribution in [0, 0.1) is 0 Å². The summed E-state index contributed by atoms with van der Waals surface area (Å²) in [7, 11) is -3.23. The number of likely N-dealkylation sites (tertiary alicyclic amines) is 1. The van der Waals surface area contributed by atoms with E-state index in [4.69, 9.17) is 0 Å². The molecule has 1 aromatic carbocycles. The second-order valence-electron chi connectivity index (χ2n) is 6.37. The van der Waals surface area contributed by atoms with Crippen LogP contribution < -0.4 is 0 Å². The third kappa shape index (κ3) is 2.44. The highest BCUT2D eigenvalue weighted by Gasteiger charge is 2.53. The SMILES string of the molecule is CC(=O)N1CC[C@@]2(c3ccccc3)CCN(S(C)(=O)=O)C[C@@H]12. The van der Waals surface area contributed by atoms with E-state index in [2.05, 4.69) is 12.1 Å². The Morgan fingerprint density at radius 1 is 1.18 bits per heavy atom. The molecule has 0 spiro atoms. The maximum Gasteiger partial charge on any atom is 0.219 e. The van der Waals surface area contributed by atoms with Crippen LogP contribution in [0.2, 0.25) is 0 Å². The first-order valence-corrected chi connectivity index (χ1v) is 9.47. The minimum Gasteiger partial charge on any atom is -0.338 e. The fraction of sp³-hybridized carbons (Fsp3) is 0.562. The van der Waals surface area contributed by atoms with Gasteiger partial charge in [-0.05, 0) is 18.4 Å². The smallest absolute Gasteiger partial charge is 0.219 e. The summed E-state index contributed by atoms with van der Waals surface area (Å²) in [4.78, 5) is 13.8. The van der Waals surface area contributed by atoms with Gasteiger partial charge in [0.15, 0.2) is 0 Å². The van der Waals surface area contributed by atoms with Gasteiger partial charge in [0.1, 0.15) is 0 Å². The van der Waals surface area contributed by atoms with E-state index < -0.39 is 10.0 Å². The average molecular weight is 322 g/mol. The Morgan fingerprint density at radius 3 is 2.41 bits per heavy atom. The van der Waals surface area contributed by atoms with E-state index in [1.54, 1.807) is 6.92 Å². The zero-order valence-electron chi connectivity index (χ0n) is 13.0. The molecular formula is C16H22N2O3S. The summed E-state index contributed by atoms with van der Waals surface area (Å²) >= 11 is 0. The molecule has 5 nitrogen and oxygen atoms in total. The maximum atomic E-state index is 12.0. The third-order valence-electron chi connectivity index (χ3n) is 5.22. The molecule has 2 saturated heterocycles. The van der Waals surface area contributed by atoms with Crippen molar-refractivity contribution in [2.75, 3.05) is 25.9 Å². The molecule has 0 radical (unpaired) electrons. The molecule has 2 aliphatic rings. The third-order valence-corrected chi connectivity index (χ3v) is 6.49. The van der Waals surface area contributed by atoms with E-state index in [0.717, 1.165) is 12.8 Å². The second-order valence-corrected chi connectivity index (χ2v) is 8.35. The molecule has 0 unspecified atom stereocenters. The predicted molar refractivity (Wildman–Crippen MR) is 84.9 cm³/mol. The number of carbonyl (C=O) groups is 1. The molecule has 0 bridgehead atoms. The molecule has 0 aromatic heterocycles. The minimum atomic E-state index is -3.23. The van der Waals surface area contributed by atoms with E-state index >= 15 is 0 Å². The number of benzene rings is 1. The highest BCUT2D eigenvalue weighted by molar-refractivity contribution is 7.88. The van der Waals surface area contributed by atoms with Crippen LogP contribution in [0.3, 0.4) is 0 Å². The summed E-state index contributed by atoms with van der Waals surface area (Å²) < 4.78 is 25.3. The van der Waals surface area contributed by atoms with E-state index in [-0.39, 0.29) is 17.4 Å². The lowest BCUT2D eigenvalue weighted by molar-refractivity contribution is -0.130. The van der Waals surface area contributed by atoms with E-state index in [9.17, 15) is 13.2 Å². The van der Waals surface area contributed by atoms with Crippen molar-refractivity contribution in [2.24, 2.45) is 0 Å². The molecule has 6 heteroatoms. The molecule has 3 rings (SSSR count). The highest BCUT2D eigenvalue weighted by atomic mass is 32.2. The lowest BCUT2D eigenvalue weighted by atomic mass is 9.70. The first-order chi connectivity index (χ1) is 10.3. The van der Waals surface area contributed by atoms with Crippen molar-refractivity contribution in [1.82, 2.24) is 9.21 Å². The van der Waals surface area contributed by atoms with Crippen molar-refractivity contribution in [2.45, 2.75) is 31.2 Å². The fourth-order valence-corrected chi connectivity index (χ4v) is 4.88. The number of fused-ring (bicyclic) bond motifs is 1. The number of piperidine rings is 1. The molecule has 2 aliphatic heterocycles. The molecule has 0 N–H and O–H groups in total. The predicted octanol–water partition coefficient (Wildman–Crippen LogP) is 1.21. The van der Waals surface area contributed by atoms with Gasteiger partial charge < -0.3 is 4.90 Å². The Bertz CT molecular complexity index is 674. The molecule has 120 valence electrons. The van der Waals surface area contributed by atoms with Crippen LogP contribution in [0.15, 0.2) is 30.3 Å². The van der Waals surface area contributed by atoms with Crippen molar-refractivity contribution in [3.63, 3.8) is 0 Å². The Kier molecular flexibility index (Phi) is 3.77. The monoisotopic (exact) mass is 322 g/mol. The number of carbonyl (C=O) groups excluding carboxylic acids is 1. The van der Waals surface area contributed by atoms with Gasteiger partial charge in [0.05, 0.1) is 12.3 Å². The topological polar surface area (TPSA) is 57.7 Å². The number of rotatable bonds is 2. The van der Waals surface area contributed by atoms with Gasteiger partial charge >= 0.3 is 0 Å². The standard InChI is InChI=1S/C16H22N2O3S/c1-13(19)18-11-9-16(14-6-4-3-5-7-14)8-10-17(12-15(16)18)22(2,20)21/h3-7,15H,8-12H2,1-2H3/t15-,16-/m1/s1. The lowest BCUT2D eigenvalue weighted by Crippen LogP contribution is -2.57. The number of sulfonamides is 1. The molecule has 1 aromatic rings. The highest BCUT2D eigenvalue weighted by Crippen LogP contribution is 2.46. The van der Waals surface area contributed by atoms with Gasteiger partial charge in [0.2, 0.25) is 15.9 Å². The number of nitrogens with zero attached hydrogens (tertiary/aromatic N) is 2. The van der Waals surface area contributed by atoms with Crippen molar-refractivity contribution >= 4 is 15.9 Å². The van der Waals surface area contributed by atoms with Crippen LogP contribution in [-0.2, 0) is 20.2 Å². The normalized spacial score (nSPS) is 29.4. The van der Waals surface area contributed by atoms with E-state index in [0.29, 0.717) is 19.6 Å². The second kappa shape index (κ2) is 5.35. The van der Waals surface area contributed by atoms with Crippen LogP contribution in [0.5, 0.6) is 0 Å². The summed E-state index contributed by atoms with van der Waals surface area (Å²) in [6, 6.07) is 10.1. The Labute approximate surface area is 132 Å². The molecule has 2 heterocycles. The quantitative estimate of drug-likeness (QED) is 0.822. The van der Waals surface area contributed by atoms with E-state index in [1.807, 2.05) is 23.1 Å². The van der Waals surface area contributed by atoms with Crippen molar-refractivity contribution in [1.29, 1.82) is 0 Å². The zero-order chi connectivity index (χ0) is 16.0. The number of hydrogen-bond acceptors (Lipinski definition) is 3. The Balaban J connectivity index is 2.01. The zero-order valence-corrected chi connectivity index (χ0v) is 13.8. The largest absolute Gasteiger partial charge is 0.338 e. The lowest BCUT2D eigenvalue weighted by Gasteiger charge is -2.45. The van der Waals surface area contributed by atoms with Gasteiger partial charge in [0, 0.05) is 32.0 Å². The number of amides is 1. The summed E-state index contributed by atoms with van der Waals surface area (Å²) in [5.41, 5.74) is 1.10. The van der Waals surface area contributed by atoms with Crippen LogP contribution in [0.4, 0.5) is 0 Å². The van der Waals surface area contributed by atoms with Crippen LogP contribution in [-0.4, -0.2) is 55.5 Å². The van der Waals surface area contributed by atoms with Crippen molar-refractivity contribution in [3.05, 3.63) is 35.9 Å². The molecule has 22 heavy (non-hydrogen) atoms. The van der Waals surface area contributed by atoms with E-state index in [1.165, 1.54) is 16.1 Å². The van der Waals surface area contributed by atoms with Crippen LogP contribution >= 0.6 is 0 Å². The fourth-order valence-electron chi connectivity index (χ4n) is 4.04. The van der Waals surface area contributed by atoms with Crippen molar-refractivity contribution < 1.29 is 13.2 Å². The summed E-state index contributed by atoms with van der Waals surface area (Å²) in [6.45, 7) is 3.19. The Morgan fingerprint density at radius 2 is 1.82 bits per heavy atom. The average Bonchev–Trinajstić information content (AvgIpc) is 2.87.